The van der Waals surface area contributed by atoms with Crippen LogP contribution in [0.4, 0.5) is 11.5 Å². The van der Waals surface area contributed by atoms with E-state index in [1.807, 2.05) is 6.92 Å². The molecule has 0 saturated carbocycles. The summed E-state index contributed by atoms with van der Waals surface area (Å²) in [7, 11) is 0. The minimum atomic E-state index is -0.572. The predicted molar refractivity (Wildman–Crippen MR) is 77.6 cm³/mol. The normalized spacial score (nSPS) is 10.1. The monoisotopic (exact) mass is 289 g/mol. The Morgan fingerprint density at radius 3 is 2.62 bits per heavy atom. The highest BCUT2D eigenvalue weighted by Gasteiger charge is 2.19. The maximum Gasteiger partial charge on any atom is 0.331 e. The second-order valence-electron chi connectivity index (χ2n) is 4.21. The Morgan fingerprint density at radius 2 is 1.95 bits per heavy atom. The lowest BCUT2D eigenvalue weighted by atomic mass is 10.3. The van der Waals surface area contributed by atoms with Gasteiger partial charge in [-0.15, -0.1) is 0 Å². The van der Waals surface area contributed by atoms with Crippen molar-refractivity contribution in [3.05, 3.63) is 46.5 Å². The number of aromatic nitrogens is 1. The van der Waals surface area contributed by atoms with E-state index in [-0.39, 0.29) is 17.4 Å². The SMILES string of the molecule is CCCOc1ccccc1Oc1nc(N)ccc1[N+](=O)[O-]. The number of nitrogen functional groups attached to an aromatic ring is 1. The average molecular weight is 289 g/mol. The summed E-state index contributed by atoms with van der Waals surface area (Å²) < 4.78 is 11.1. The van der Waals surface area contributed by atoms with Gasteiger partial charge in [-0.05, 0) is 24.6 Å². The van der Waals surface area contributed by atoms with Crippen molar-refractivity contribution >= 4 is 11.5 Å². The van der Waals surface area contributed by atoms with Crippen molar-refractivity contribution in [2.24, 2.45) is 0 Å². The fourth-order valence-electron chi connectivity index (χ4n) is 1.63. The van der Waals surface area contributed by atoms with Gasteiger partial charge in [0.25, 0.3) is 0 Å². The molecule has 0 aliphatic heterocycles. The molecule has 110 valence electrons. The van der Waals surface area contributed by atoms with Gasteiger partial charge < -0.3 is 15.2 Å². The maximum atomic E-state index is 11.0. The summed E-state index contributed by atoms with van der Waals surface area (Å²) in [5.74, 6) is 0.833. The summed E-state index contributed by atoms with van der Waals surface area (Å²) in [6, 6.07) is 9.52. The van der Waals surface area contributed by atoms with Gasteiger partial charge in [-0.1, -0.05) is 19.1 Å². The van der Waals surface area contributed by atoms with Gasteiger partial charge in [-0.3, -0.25) is 10.1 Å². The molecule has 7 heteroatoms. The van der Waals surface area contributed by atoms with E-state index in [0.29, 0.717) is 18.1 Å². The predicted octanol–water partition coefficient (Wildman–Crippen LogP) is 3.15. The number of anilines is 1. The molecule has 0 amide bonds. The number of hydrogen-bond donors (Lipinski definition) is 1. The zero-order valence-corrected chi connectivity index (χ0v) is 11.5. The largest absolute Gasteiger partial charge is 0.490 e. The van der Waals surface area contributed by atoms with Gasteiger partial charge in [-0.25, -0.2) is 0 Å². The van der Waals surface area contributed by atoms with Crippen molar-refractivity contribution in [2.75, 3.05) is 12.3 Å². The highest BCUT2D eigenvalue weighted by Crippen LogP contribution is 2.35. The fraction of sp³-hybridized carbons (Fsp3) is 0.214. The molecule has 0 radical (unpaired) electrons. The molecule has 0 fully saturated rings. The Hall–Kier alpha value is -2.83. The van der Waals surface area contributed by atoms with Crippen LogP contribution in [0.1, 0.15) is 13.3 Å². The fourth-order valence-corrected chi connectivity index (χ4v) is 1.63. The minimum absolute atomic E-state index is 0.141. The first-order valence-electron chi connectivity index (χ1n) is 6.42. The Morgan fingerprint density at radius 1 is 1.24 bits per heavy atom. The lowest BCUT2D eigenvalue weighted by Gasteiger charge is -2.11. The van der Waals surface area contributed by atoms with Crippen LogP contribution >= 0.6 is 0 Å². The number of pyridine rings is 1. The van der Waals surface area contributed by atoms with Crippen molar-refractivity contribution < 1.29 is 14.4 Å². The van der Waals surface area contributed by atoms with Crippen molar-refractivity contribution in [1.29, 1.82) is 0 Å². The van der Waals surface area contributed by atoms with Gasteiger partial charge in [0, 0.05) is 6.07 Å². The van der Waals surface area contributed by atoms with E-state index in [2.05, 4.69) is 4.98 Å². The van der Waals surface area contributed by atoms with E-state index in [1.165, 1.54) is 12.1 Å². The summed E-state index contributed by atoms with van der Waals surface area (Å²) in [5.41, 5.74) is 5.30. The molecule has 2 N–H and O–H groups in total. The number of nitro groups is 1. The lowest BCUT2D eigenvalue weighted by molar-refractivity contribution is -0.386. The molecular weight excluding hydrogens is 274 g/mol. The molecule has 2 aromatic rings. The second kappa shape index (κ2) is 6.56. The number of ether oxygens (including phenoxy) is 2. The Kier molecular flexibility index (Phi) is 4.55. The molecule has 2 rings (SSSR count). The Bertz CT molecular complexity index is 646. The third-order valence-corrected chi connectivity index (χ3v) is 2.58. The van der Waals surface area contributed by atoms with Gasteiger partial charge in [-0.2, -0.15) is 4.98 Å². The number of nitrogens with two attached hydrogens (primary N) is 1. The first-order chi connectivity index (χ1) is 10.1. The maximum absolute atomic E-state index is 11.0. The molecule has 0 unspecified atom stereocenters. The molecule has 0 bridgehead atoms. The van der Waals surface area contributed by atoms with Crippen LogP contribution in [0.15, 0.2) is 36.4 Å². The van der Waals surface area contributed by atoms with Crippen LogP contribution in [-0.4, -0.2) is 16.5 Å². The van der Waals surface area contributed by atoms with Crippen LogP contribution in [0.25, 0.3) is 0 Å². The third kappa shape index (κ3) is 3.59. The molecule has 0 spiro atoms. The van der Waals surface area contributed by atoms with Gasteiger partial charge in [0.05, 0.1) is 11.5 Å². The molecule has 0 aliphatic carbocycles. The Labute approximate surface area is 121 Å². The topological polar surface area (TPSA) is 101 Å². The molecule has 0 saturated heterocycles. The number of hydrogen-bond acceptors (Lipinski definition) is 6. The molecule has 7 nitrogen and oxygen atoms in total. The molecular formula is C14H15N3O4. The number of para-hydroxylation sites is 2. The van der Waals surface area contributed by atoms with E-state index in [1.54, 1.807) is 24.3 Å². The highest BCUT2D eigenvalue weighted by molar-refractivity contribution is 5.50. The molecule has 1 aromatic carbocycles. The van der Waals surface area contributed by atoms with Crippen molar-refractivity contribution in [3.8, 4) is 17.4 Å². The van der Waals surface area contributed by atoms with Crippen LogP contribution in [0.3, 0.4) is 0 Å². The van der Waals surface area contributed by atoms with Gasteiger partial charge in [0.15, 0.2) is 11.5 Å². The third-order valence-electron chi connectivity index (χ3n) is 2.58. The van der Waals surface area contributed by atoms with Crippen LogP contribution in [0, 0.1) is 10.1 Å². The summed E-state index contributed by atoms with van der Waals surface area (Å²) in [6.07, 6.45) is 0.838. The number of rotatable bonds is 6. The lowest BCUT2D eigenvalue weighted by Crippen LogP contribution is -2.01. The summed E-state index contributed by atoms with van der Waals surface area (Å²) in [4.78, 5) is 14.3. The average Bonchev–Trinajstić information content (AvgIpc) is 2.46. The smallest absolute Gasteiger partial charge is 0.331 e. The molecule has 0 atom stereocenters. The zero-order chi connectivity index (χ0) is 15.2. The molecule has 21 heavy (non-hydrogen) atoms. The van der Waals surface area contributed by atoms with E-state index >= 15 is 0 Å². The van der Waals surface area contributed by atoms with Crippen molar-refractivity contribution in [2.45, 2.75) is 13.3 Å². The van der Waals surface area contributed by atoms with E-state index in [0.717, 1.165) is 6.42 Å². The van der Waals surface area contributed by atoms with E-state index in [9.17, 15) is 10.1 Å². The van der Waals surface area contributed by atoms with Crippen LogP contribution in [0.5, 0.6) is 17.4 Å². The van der Waals surface area contributed by atoms with Crippen LogP contribution < -0.4 is 15.2 Å². The van der Waals surface area contributed by atoms with E-state index in [4.69, 9.17) is 15.2 Å². The summed E-state index contributed by atoms with van der Waals surface area (Å²) in [5, 5.41) is 11.0. The standard InChI is InChI=1S/C14H15N3O4/c1-2-9-20-11-5-3-4-6-12(11)21-14-10(17(18)19)7-8-13(15)16-14/h3-8H,2,9H2,1H3,(H2,15,16). The van der Waals surface area contributed by atoms with E-state index < -0.39 is 4.92 Å². The number of nitrogens with zero attached hydrogens (tertiary/aromatic N) is 2. The molecule has 0 aliphatic rings. The second-order valence-corrected chi connectivity index (χ2v) is 4.21. The van der Waals surface area contributed by atoms with Crippen LogP contribution in [0.2, 0.25) is 0 Å². The first kappa shape index (κ1) is 14.6. The quantitative estimate of drug-likeness (QED) is 0.647. The van der Waals surface area contributed by atoms with Crippen LogP contribution in [-0.2, 0) is 0 Å². The molecule has 1 aromatic heterocycles. The highest BCUT2D eigenvalue weighted by atomic mass is 16.6. The van der Waals surface area contributed by atoms with Crippen molar-refractivity contribution in [1.82, 2.24) is 4.98 Å². The first-order valence-corrected chi connectivity index (χ1v) is 6.42. The zero-order valence-electron chi connectivity index (χ0n) is 11.5. The molecule has 1 heterocycles. The summed E-state index contributed by atoms with van der Waals surface area (Å²) in [6.45, 7) is 2.50. The van der Waals surface area contributed by atoms with Gasteiger partial charge in [0.1, 0.15) is 5.82 Å². The number of benzene rings is 1. The van der Waals surface area contributed by atoms with Crippen molar-refractivity contribution in [3.63, 3.8) is 0 Å². The van der Waals surface area contributed by atoms with Gasteiger partial charge in [0.2, 0.25) is 0 Å². The minimum Gasteiger partial charge on any atom is -0.490 e. The summed E-state index contributed by atoms with van der Waals surface area (Å²) >= 11 is 0. The van der Waals surface area contributed by atoms with Gasteiger partial charge >= 0.3 is 11.6 Å². The Balaban J connectivity index is 2.34.